The van der Waals surface area contributed by atoms with Crippen molar-refractivity contribution in [3.8, 4) is 17.4 Å². The number of ether oxygens (including phenoxy) is 3. The Labute approximate surface area is 396 Å². The lowest BCUT2D eigenvalue weighted by atomic mass is 9.85. The van der Waals surface area contributed by atoms with E-state index in [1.54, 1.807) is 50.5 Å². The number of fused-ring (bicyclic) bond motifs is 2. The number of Topliss-reactive ketones (excluding diaryl/α,β-unsaturated/α-hetero) is 1. The molecule has 8 rings (SSSR count). The van der Waals surface area contributed by atoms with Gasteiger partial charge in [0, 0.05) is 62.7 Å². The molecule has 1 amide bonds. The van der Waals surface area contributed by atoms with E-state index in [9.17, 15) is 23.1 Å². The van der Waals surface area contributed by atoms with Crippen LogP contribution in [-0.2, 0) is 32.5 Å². The molecule has 354 valence electrons. The molecule has 2 fully saturated rings. The number of aliphatic hydroxyl groups excluding tert-OH is 1. The number of carbonyl (C=O) groups excluding carboxylic acids is 2. The highest BCUT2D eigenvalue weighted by atomic mass is 35.5. The normalized spacial score (nSPS) is 19.2. The van der Waals surface area contributed by atoms with Crippen molar-refractivity contribution in [2.45, 2.75) is 103 Å². The topological polar surface area (TPSA) is 181 Å². The number of likely N-dealkylation sites (tertiary alicyclic amines) is 1. The van der Waals surface area contributed by atoms with Crippen molar-refractivity contribution >= 4 is 66.8 Å². The molecule has 15 nitrogen and oxygen atoms in total. The number of hydrogen-bond acceptors (Lipinski definition) is 12. The van der Waals surface area contributed by atoms with E-state index in [1.165, 1.54) is 0 Å². The molecule has 0 bridgehead atoms. The van der Waals surface area contributed by atoms with Crippen molar-refractivity contribution in [1.29, 1.82) is 0 Å². The molecule has 1 aliphatic heterocycles. The largest absolute Gasteiger partial charge is 0.497 e. The molecule has 0 radical (unpaired) electrons. The first kappa shape index (κ1) is 50.1. The second kappa shape index (κ2) is 21.6. The summed E-state index contributed by atoms with van der Waals surface area (Å²) in [6.07, 6.45) is 5.61. The average molecular weight is 965 g/mol. The highest BCUT2D eigenvalue weighted by Gasteiger charge is 2.39. The van der Waals surface area contributed by atoms with E-state index < -0.39 is 15.9 Å². The van der Waals surface area contributed by atoms with Gasteiger partial charge in [0.25, 0.3) is 0 Å². The number of pyridine rings is 2. The molecule has 4 aromatic heterocycles. The van der Waals surface area contributed by atoms with Gasteiger partial charge in [-0.2, -0.15) is 4.98 Å². The number of hydrogen-bond donors (Lipinski definition) is 1. The summed E-state index contributed by atoms with van der Waals surface area (Å²) >= 11 is 11.9. The highest BCUT2D eigenvalue weighted by molar-refractivity contribution is 7.90. The Morgan fingerprint density at radius 1 is 0.773 bits per heavy atom. The van der Waals surface area contributed by atoms with Crippen LogP contribution >= 0.6 is 23.2 Å². The van der Waals surface area contributed by atoms with Gasteiger partial charge in [0.2, 0.25) is 11.8 Å². The number of amides is 1. The van der Waals surface area contributed by atoms with Crippen molar-refractivity contribution in [2.24, 2.45) is 17.8 Å². The number of methoxy groups -OCH3 is 2. The summed E-state index contributed by atoms with van der Waals surface area (Å²) in [4.78, 5) is 43.6. The molecule has 1 saturated carbocycles. The first-order valence-electron chi connectivity index (χ1n) is 22.0. The minimum absolute atomic E-state index is 0.0191. The van der Waals surface area contributed by atoms with Crippen LogP contribution < -0.4 is 14.2 Å². The molecule has 1 saturated heterocycles. The summed E-state index contributed by atoms with van der Waals surface area (Å²) in [5.41, 5.74) is 4.86. The van der Waals surface area contributed by atoms with Gasteiger partial charge in [-0.15, -0.1) is 0 Å². The zero-order valence-electron chi connectivity index (χ0n) is 38.8. The number of aliphatic hydroxyl groups is 1. The molecule has 6 aromatic rings. The smallest absolute Gasteiger partial charge is 0.241 e. The number of rotatable bonds is 13. The number of ketones is 1. The molecular formula is C48H59Cl2N7O8S. The number of carbonyl (C=O) groups is 2. The van der Waals surface area contributed by atoms with Crippen LogP contribution in [0.2, 0.25) is 10.3 Å². The maximum absolute atomic E-state index is 12.8. The third-order valence-corrected chi connectivity index (χ3v) is 14.0. The number of aromatic nitrogens is 6. The zero-order valence-corrected chi connectivity index (χ0v) is 41.1. The summed E-state index contributed by atoms with van der Waals surface area (Å²) < 4.78 is 43.6. The average Bonchev–Trinajstić information content (AvgIpc) is 4.10. The Bertz CT molecular complexity index is 2750. The predicted octanol–water partition coefficient (Wildman–Crippen LogP) is 8.77. The van der Waals surface area contributed by atoms with E-state index in [0.717, 1.165) is 52.9 Å². The Balaban J connectivity index is 0.000000176. The number of benzene rings is 2. The van der Waals surface area contributed by atoms with E-state index in [4.69, 9.17) is 37.4 Å². The first-order chi connectivity index (χ1) is 31.4. The number of aryl methyl sites for hydroxylation is 2. The van der Waals surface area contributed by atoms with Crippen molar-refractivity contribution in [3.05, 3.63) is 94.8 Å². The summed E-state index contributed by atoms with van der Waals surface area (Å²) in [6.45, 7) is 13.9. The Morgan fingerprint density at radius 3 is 1.82 bits per heavy atom. The monoisotopic (exact) mass is 963 g/mol. The number of halogens is 2. The van der Waals surface area contributed by atoms with Crippen molar-refractivity contribution in [1.82, 2.24) is 34.0 Å². The summed E-state index contributed by atoms with van der Waals surface area (Å²) in [7, 11) is -0.123. The first-order valence-corrected chi connectivity index (χ1v) is 24.7. The molecular weight excluding hydrogens is 906 g/mol. The minimum Gasteiger partial charge on any atom is -0.497 e. The van der Waals surface area contributed by atoms with Crippen LogP contribution in [-0.4, -0.2) is 98.4 Å². The molecule has 5 heterocycles. The fourth-order valence-corrected chi connectivity index (χ4v) is 9.86. The van der Waals surface area contributed by atoms with Crippen molar-refractivity contribution < 1.29 is 37.3 Å². The van der Waals surface area contributed by atoms with Crippen molar-refractivity contribution in [3.63, 3.8) is 0 Å². The summed E-state index contributed by atoms with van der Waals surface area (Å²) in [5.74, 6) is 2.92. The van der Waals surface area contributed by atoms with Gasteiger partial charge in [-0.05, 0) is 88.3 Å². The van der Waals surface area contributed by atoms with Crippen LogP contribution in [0.25, 0.3) is 22.1 Å². The lowest BCUT2D eigenvalue weighted by Gasteiger charge is -2.26. The van der Waals surface area contributed by atoms with E-state index in [2.05, 4.69) is 33.8 Å². The minimum atomic E-state index is -3.41. The molecule has 1 N–H and O–H groups in total. The molecule has 2 aliphatic rings. The molecule has 18 heteroatoms. The lowest BCUT2D eigenvalue weighted by molar-refractivity contribution is -0.129. The quantitative estimate of drug-likeness (QED) is 0.109. The van der Waals surface area contributed by atoms with Crippen LogP contribution in [0.4, 0.5) is 0 Å². The lowest BCUT2D eigenvalue weighted by Crippen LogP contribution is -2.31. The Morgan fingerprint density at radius 2 is 1.30 bits per heavy atom. The van der Waals surface area contributed by atoms with Crippen LogP contribution in [0.15, 0.2) is 78.3 Å². The van der Waals surface area contributed by atoms with Gasteiger partial charge in [-0.1, -0.05) is 54.4 Å². The number of nitrogens with zero attached hydrogens (tertiary/aromatic N) is 7. The number of imidazole rings is 2. The molecule has 7 atom stereocenters. The third-order valence-electron chi connectivity index (χ3n) is 12.7. The van der Waals surface area contributed by atoms with Gasteiger partial charge in [-0.25, -0.2) is 23.4 Å². The maximum Gasteiger partial charge on any atom is 0.241 e. The Hall–Kier alpha value is -5.29. The fourth-order valence-electron chi connectivity index (χ4n) is 8.61. The second-order valence-corrected chi connectivity index (χ2v) is 19.6. The van der Waals surface area contributed by atoms with E-state index >= 15 is 0 Å². The summed E-state index contributed by atoms with van der Waals surface area (Å²) in [5, 5.41) is 10.1. The van der Waals surface area contributed by atoms with Gasteiger partial charge < -0.3 is 33.4 Å². The molecule has 2 aromatic carbocycles. The molecule has 0 spiro atoms. The third kappa shape index (κ3) is 11.4. The SMILES string of the molecule is CCn1cnc2cc(Cl)nc(O[C@H](C)[C@@H]3CC(=O)N([C@H](C)c4ccc(OC)cc4)C3)c21.CCn1cnc2cc(Cl)nc(S(C)(=O)=O)c21.COc1ccc([C@@H](C)C2C[C@H]([C@@H](C)O)CC2=O)cc1. The van der Waals surface area contributed by atoms with Gasteiger partial charge in [-0.3, -0.25) is 9.59 Å². The van der Waals surface area contributed by atoms with Crippen LogP contribution in [0.3, 0.4) is 0 Å². The zero-order chi connectivity index (χ0) is 48.0. The molecule has 1 unspecified atom stereocenters. The van der Waals surface area contributed by atoms with Gasteiger partial charge in [0.05, 0.1) is 50.1 Å². The van der Waals surface area contributed by atoms with Gasteiger partial charge in [0.1, 0.15) is 44.7 Å². The second-order valence-electron chi connectivity index (χ2n) is 16.9. The summed E-state index contributed by atoms with van der Waals surface area (Å²) in [6, 6.07) is 19.0. The maximum atomic E-state index is 12.8. The highest BCUT2D eigenvalue weighted by Crippen LogP contribution is 2.40. The predicted molar refractivity (Wildman–Crippen MR) is 255 cm³/mol. The molecule has 1 aliphatic carbocycles. The molecule has 66 heavy (non-hydrogen) atoms. The van der Waals surface area contributed by atoms with E-state index in [1.807, 2.05) is 78.8 Å². The van der Waals surface area contributed by atoms with E-state index in [0.29, 0.717) is 48.0 Å². The Kier molecular flexibility index (Phi) is 16.4. The standard InChI is InChI=1S/C23H27ClN4O3.C16H22O3.C9H10ClN3O2S/c1-5-27-13-25-19-11-20(24)26-23(22(19)27)31-15(3)17-10-21(29)28(12-17)14(2)16-6-8-18(30-4)9-7-16;1-10(12-4-6-14(19-3)7-5-12)15-8-13(11(2)17)9-16(15)18;1-3-13-5-11-6-4-7(10)12-9(8(6)13)16(2,14)15/h6-9,11,13-15,17H,5,10,12H2,1-4H3;4-7,10-11,13,15,17H,8-9H2,1-3H3;4-5H,3H2,1-2H3/t14-,15-,17-;10-,11-,13+,15?;/m11./s1. The number of sulfone groups is 1. The van der Waals surface area contributed by atoms with Crippen molar-refractivity contribution in [2.75, 3.05) is 27.0 Å². The van der Waals surface area contributed by atoms with Gasteiger partial charge in [0.15, 0.2) is 14.9 Å². The van der Waals surface area contributed by atoms with Crippen LogP contribution in [0.1, 0.15) is 83.9 Å². The fraction of sp³-hybridized carbons (Fsp3) is 0.458. The van der Waals surface area contributed by atoms with Crippen LogP contribution in [0, 0.1) is 17.8 Å². The van der Waals surface area contributed by atoms with Gasteiger partial charge >= 0.3 is 0 Å². The van der Waals surface area contributed by atoms with E-state index in [-0.39, 0.29) is 57.7 Å². The van der Waals surface area contributed by atoms with Crippen LogP contribution in [0.5, 0.6) is 17.4 Å².